The van der Waals surface area contributed by atoms with Gasteiger partial charge in [-0.3, -0.25) is 0 Å². The third kappa shape index (κ3) is 6.43. The minimum absolute atomic E-state index is 0.0283. The predicted molar refractivity (Wildman–Crippen MR) is 104 cm³/mol. The molecule has 0 saturated carbocycles. The van der Waals surface area contributed by atoms with Gasteiger partial charge in [-0.2, -0.15) is 0 Å². The Hall–Kier alpha value is -2.65. The van der Waals surface area contributed by atoms with Gasteiger partial charge in [0.25, 0.3) is 0 Å². The van der Waals surface area contributed by atoms with Crippen molar-refractivity contribution in [3.05, 3.63) is 48.5 Å². The lowest BCUT2D eigenvalue weighted by molar-refractivity contribution is -0.274. The van der Waals surface area contributed by atoms with Crippen LogP contribution in [0.4, 0.5) is 18.9 Å². The van der Waals surface area contributed by atoms with Crippen LogP contribution in [0.15, 0.2) is 48.5 Å². The second-order valence-electron chi connectivity index (χ2n) is 7.07. The number of aliphatic hydroxyl groups is 2. The summed E-state index contributed by atoms with van der Waals surface area (Å²) in [4.78, 5) is 2.19. The van der Waals surface area contributed by atoms with Gasteiger partial charge in [0.15, 0.2) is 0 Å². The molecule has 2 N–H and O–H groups in total. The van der Waals surface area contributed by atoms with Gasteiger partial charge in [0.1, 0.15) is 29.5 Å². The summed E-state index contributed by atoms with van der Waals surface area (Å²) in [5, 5.41) is 18.8. The molecule has 0 bridgehead atoms. The van der Waals surface area contributed by atoms with Crippen LogP contribution in [0.25, 0.3) is 0 Å². The van der Waals surface area contributed by atoms with Crippen molar-refractivity contribution in [3.8, 4) is 17.2 Å². The number of piperidine rings is 1. The van der Waals surface area contributed by atoms with Crippen molar-refractivity contribution in [3.63, 3.8) is 0 Å². The molecule has 6 nitrogen and oxygen atoms in total. The average molecular weight is 427 g/mol. The number of hydrogen-bond acceptors (Lipinski definition) is 6. The van der Waals surface area contributed by atoms with E-state index in [2.05, 4.69) is 9.64 Å². The van der Waals surface area contributed by atoms with Crippen molar-refractivity contribution >= 4 is 5.69 Å². The van der Waals surface area contributed by atoms with E-state index in [1.54, 1.807) is 12.1 Å². The molecule has 0 amide bonds. The molecule has 1 saturated heterocycles. The maximum absolute atomic E-state index is 12.2. The molecule has 2 unspecified atom stereocenters. The Bertz CT molecular complexity index is 788. The molecule has 2 aromatic carbocycles. The van der Waals surface area contributed by atoms with Crippen LogP contribution in [0.5, 0.6) is 17.2 Å². The highest BCUT2D eigenvalue weighted by molar-refractivity contribution is 5.49. The Kier molecular flexibility index (Phi) is 6.94. The van der Waals surface area contributed by atoms with Gasteiger partial charge >= 0.3 is 6.36 Å². The SMILES string of the molecule is CC(O)C(O)Oc1ccc(N2CCC(Oc3ccc(OC(F)(F)F)cc3)CC2)cc1. The van der Waals surface area contributed by atoms with Crippen LogP contribution >= 0.6 is 0 Å². The predicted octanol–water partition coefficient (Wildman–Crippen LogP) is 3.71. The maximum Gasteiger partial charge on any atom is 0.573 e. The van der Waals surface area contributed by atoms with E-state index in [0.717, 1.165) is 31.6 Å². The Morgan fingerprint density at radius 1 is 0.900 bits per heavy atom. The van der Waals surface area contributed by atoms with Crippen LogP contribution in [0.3, 0.4) is 0 Å². The quantitative estimate of drug-likeness (QED) is 0.657. The second-order valence-corrected chi connectivity index (χ2v) is 7.07. The molecule has 1 aliphatic heterocycles. The second kappa shape index (κ2) is 9.44. The van der Waals surface area contributed by atoms with E-state index in [9.17, 15) is 23.4 Å². The highest BCUT2D eigenvalue weighted by Crippen LogP contribution is 2.28. The number of nitrogens with zero attached hydrogens (tertiary/aromatic N) is 1. The molecule has 3 rings (SSSR count). The van der Waals surface area contributed by atoms with Crippen LogP contribution in [-0.4, -0.2) is 48.2 Å². The highest BCUT2D eigenvalue weighted by atomic mass is 19.4. The molecule has 1 aliphatic rings. The first-order valence-electron chi connectivity index (χ1n) is 9.60. The zero-order valence-corrected chi connectivity index (χ0v) is 16.4. The molecule has 1 fully saturated rings. The Morgan fingerprint density at radius 3 is 1.97 bits per heavy atom. The number of anilines is 1. The fourth-order valence-electron chi connectivity index (χ4n) is 3.12. The normalized spacial score (nSPS) is 17.3. The molecule has 9 heteroatoms. The van der Waals surface area contributed by atoms with Gasteiger partial charge in [0, 0.05) is 31.6 Å². The Labute approximate surface area is 172 Å². The number of hydrogen-bond donors (Lipinski definition) is 2. The lowest BCUT2D eigenvalue weighted by atomic mass is 10.1. The number of halogens is 3. The zero-order valence-electron chi connectivity index (χ0n) is 16.4. The molecule has 2 aromatic rings. The van der Waals surface area contributed by atoms with Crippen LogP contribution in [0.1, 0.15) is 19.8 Å². The van der Waals surface area contributed by atoms with Crippen LogP contribution in [0.2, 0.25) is 0 Å². The van der Waals surface area contributed by atoms with Gasteiger partial charge in [-0.15, -0.1) is 13.2 Å². The lowest BCUT2D eigenvalue weighted by Gasteiger charge is -2.33. The molecule has 0 radical (unpaired) electrons. The molecule has 2 atom stereocenters. The summed E-state index contributed by atoms with van der Waals surface area (Å²) in [6.45, 7) is 2.96. The van der Waals surface area contributed by atoms with Gasteiger partial charge in [-0.25, -0.2) is 0 Å². The van der Waals surface area contributed by atoms with E-state index < -0.39 is 18.8 Å². The Balaban J connectivity index is 1.48. The smallest absolute Gasteiger partial charge is 0.490 e. The molecule has 0 aliphatic carbocycles. The van der Waals surface area contributed by atoms with Gasteiger partial charge < -0.3 is 29.3 Å². The van der Waals surface area contributed by atoms with Gasteiger partial charge in [0.05, 0.1) is 0 Å². The van der Waals surface area contributed by atoms with Crippen LogP contribution in [0, 0.1) is 0 Å². The van der Waals surface area contributed by atoms with Gasteiger partial charge in [0.2, 0.25) is 6.29 Å². The van der Waals surface area contributed by atoms with Crippen molar-refractivity contribution < 1.29 is 37.6 Å². The minimum Gasteiger partial charge on any atom is -0.490 e. The summed E-state index contributed by atoms with van der Waals surface area (Å²) in [6.07, 6.45) is -5.48. The Morgan fingerprint density at radius 2 is 1.43 bits per heavy atom. The van der Waals surface area contributed by atoms with Crippen LogP contribution < -0.4 is 19.1 Å². The average Bonchev–Trinajstić information content (AvgIpc) is 2.69. The summed E-state index contributed by atoms with van der Waals surface area (Å²) in [5.41, 5.74) is 1.00. The van der Waals surface area contributed by atoms with E-state index in [0.29, 0.717) is 11.5 Å². The molecular weight excluding hydrogens is 403 g/mol. The summed E-state index contributed by atoms with van der Waals surface area (Å²) in [5.74, 6) is 0.683. The third-order valence-corrected chi connectivity index (χ3v) is 4.67. The number of aliphatic hydroxyl groups excluding tert-OH is 2. The fourth-order valence-corrected chi connectivity index (χ4v) is 3.12. The van der Waals surface area contributed by atoms with Crippen molar-refractivity contribution in [2.24, 2.45) is 0 Å². The number of benzene rings is 2. The number of alkyl halides is 3. The largest absolute Gasteiger partial charge is 0.573 e. The molecule has 0 spiro atoms. The summed E-state index contributed by atoms with van der Waals surface area (Å²) >= 11 is 0. The fraction of sp³-hybridized carbons (Fsp3) is 0.429. The first-order chi connectivity index (χ1) is 14.2. The molecule has 164 valence electrons. The first kappa shape index (κ1) is 22.0. The summed E-state index contributed by atoms with van der Waals surface area (Å²) in [6, 6.07) is 12.6. The maximum atomic E-state index is 12.2. The number of ether oxygens (including phenoxy) is 3. The van der Waals surface area contributed by atoms with Crippen molar-refractivity contribution in [2.45, 2.75) is 44.6 Å². The van der Waals surface area contributed by atoms with E-state index in [1.807, 2.05) is 12.1 Å². The number of rotatable bonds is 7. The zero-order chi connectivity index (χ0) is 21.7. The van der Waals surface area contributed by atoms with E-state index in [-0.39, 0.29) is 11.9 Å². The summed E-state index contributed by atoms with van der Waals surface area (Å²) < 4.78 is 51.6. The molecular formula is C21H24F3NO5. The van der Waals surface area contributed by atoms with Crippen molar-refractivity contribution in [1.29, 1.82) is 0 Å². The van der Waals surface area contributed by atoms with Gasteiger partial charge in [-0.05, 0) is 55.5 Å². The van der Waals surface area contributed by atoms with Crippen LogP contribution in [-0.2, 0) is 0 Å². The molecule has 30 heavy (non-hydrogen) atoms. The topological polar surface area (TPSA) is 71.4 Å². The first-order valence-corrected chi connectivity index (χ1v) is 9.60. The van der Waals surface area contributed by atoms with E-state index in [4.69, 9.17) is 9.47 Å². The lowest BCUT2D eigenvalue weighted by Crippen LogP contribution is -2.38. The van der Waals surface area contributed by atoms with Crippen molar-refractivity contribution in [1.82, 2.24) is 0 Å². The third-order valence-electron chi connectivity index (χ3n) is 4.67. The van der Waals surface area contributed by atoms with Crippen molar-refractivity contribution in [2.75, 3.05) is 18.0 Å². The van der Waals surface area contributed by atoms with Gasteiger partial charge in [-0.1, -0.05) is 0 Å². The summed E-state index contributed by atoms with van der Waals surface area (Å²) in [7, 11) is 0. The molecule has 0 aromatic heterocycles. The standard InChI is InChI=1S/C21H24F3NO5/c1-14(26)20(27)29-17-4-2-15(3-5-17)25-12-10-18(11-13-25)28-16-6-8-19(9-7-16)30-21(22,23)24/h2-9,14,18,20,26-27H,10-13H2,1H3. The minimum atomic E-state index is -4.71. The van der Waals surface area contributed by atoms with E-state index >= 15 is 0 Å². The molecule has 1 heterocycles. The highest BCUT2D eigenvalue weighted by Gasteiger charge is 2.31. The monoisotopic (exact) mass is 427 g/mol. The van der Waals surface area contributed by atoms with E-state index in [1.165, 1.54) is 31.2 Å².